The molecule has 0 spiro atoms. The standard InChI is InChI=1S/C23H23F3N8O4S/c1-6-32-10(3)14(8-28-32)13-7-15(23(24,25)26)29-22-16(13)17(19(39-22)20(27)35)30-21(36)12(5)33-11(4)18(34(37)38)9(2)31-33/h7-8,12H,6H2,1-5H3,(H2,27,35)(H,30,36). The second kappa shape index (κ2) is 9.76. The Hall–Kier alpha value is -4.34. The Morgan fingerprint density at radius 1 is 1.23 bits per heavy atom. The smallest absolute Gasteiger partial charge is 0.365 e. The van der Waals surface area contributed by atoms with Gasteiger partial charge in [-0.15, -0.1) is 11.3 Å². The average Bonchev–Trinajstić information content (AvgIpc) is 3.50. The number of nitrogens with zero attached hydrogens (tertiary/aromatic N) is 6. The summed E-state index contributed by atoms with van der Waals surface area (Å²) < 4.78 is 44.1. The van der Waals surface area contributed by atoms with Crippen LogP contribution < -0.4 is 11.1 Å². The highest BCUT2D eigenvalue weighted by Gasteiger charge is 2.36. The lowest BCUT2D eigenvalue weighted by molar-refractivity contribution is -0.386. The first-order valence-corrected chi connectivity index (χ1v) is 12.4. The van der Waals surface area contributed by atoms with Crippen molar-refractivity contribution in [2.75, 3.05) is 5.32 Å². The third-order valence-corrected chi connectivity index (χ3v) is 7.43. The topological polar surface area (TPSA) is 164 Å². The van der Waals surface area contributed by atoms with Crippen molar-refractivity contribution >= 4 is 44.7 Å². The number of aryl methyl sites for hydroxylation is 2. The zero-order chi connectivity index (χ0) is 29.0. The lowest BCUT2D eigenvalue weighted by atomic mass is 10.0. The molecule has 3 N–H and O–H groups in total. The fraction of sp³-hybridized carbons (Fsp3) is 0.348. The number of anilines is 1. The van der Waals surface area contributed by atoms with Crippen LogP contribution in [0.2, 0.25) is 0 Å². The molecule has 39 heavy (non-hydrogen) atoms. The van der Waals surface area contributed by atoms with Crippen molar-refractivity contribution in [3.8, 4) is 11.1 Å². The molecule has 0 saturated carbocycles. The number of amides is 2. The van der Waals surface area contributed by atoms with Crippen LogP contribution in [0.3, 0.4) is 0 Å². The number of nitro groups is 1. The molecule has 0 saturated heterocycles. The molecule has 4 aromatic rings. The number of hydrogen-bond donors (Lipinski definition) is 2. The van der Waals surface area contributed by atoms with Gasteiger partial charge in [-0.25, -0.2) is 4.98 Å². The van der Waals surface area contributed by atoms with Crippen LogP contribution in [0.4, 0.5) is 24.5 Å². The highest BCUT2D eigenvalue weighted by atomic mass is 32.1. The van der Waals surface area contributed by atoms with Gasteiger partial charge in [0.05, 0.1) is 16.8 Å². The number of primary amides is 1. The molecule has 0 aromatic carbocycles. The van der Waals surface area contributed by atoms with Crippen molar-refractivity contribution < 1.29 is 27.7 Å². The van der Waals surface area contributed by atoms with Gasteiger partial charge in [0.2, 0.25) is 5.91 Å². The van der Waals surface area contributed by atoms with E-state index in [4.69, 9.17) is 5.73 Å². The Morgan fingerprint density at radius 3 is 2.41 bits per heavy atom. The number of carbonyl (C=O) groups excluding carboxylic acids is 2. The quantitative estimate of drug-likeness (QED) is 0.246. The summed E-state index contributed by atoms with van der Waals surface area (Å²) in [7, 11) is 0. The molecule has 0 fully saturated rings. The summed E-state index contributed by atoms with van der Waals surface area (Å²) in [5.74, 6) is -1.72. The van der Waals surface area contributed by atoms with Crippen LogP contribution >= 0.6 is 11.3 Å². The number of carbonyl (C=O) groups is 2. The van der Waals surface area contributed by atoms with Crippen LogP contribution in [0.25, 0.3) is 21.3 Å². The van der Waals surface area contributed by atoms with E-state index in [9.17, 15) is 32.9 Å². The maximum atomic E-state index is 13.8. The number of halogens is 3. The molecule has 2 amide bonds. The second-order valence-electron chi connectivity index (χ2n) is 8.75. The highest BCUT2D eigenvalue weighted by molar-refractivity contribution is 7.21. The van der Waals surface area contributed by atoms with Crippen LogP contribution in [-0.4, -0.2) is 41.3 Å². The van der Waals surface area contributed by atoms with Crippen LogP contribution in [0.1, 0.15) is 52.3 Å². The normalized spacial score (nSPS) is 12.6. The molecular formula is C23H23F3N8O4S. The fourth-order valence-corrected chi connectivity index (χ4v) is 5.42. The van der Waals surface area contributed by atoms with Crippen LogP contribution in [-0.2, 0) is 17.5 Å². The van der Waals surface area contributed by atoms with E-state index >= 15 is 0 Å². The number of alkyl halides is 3. The fourth-order valence-electron chi connectivity index (χ4n) is 4.41. The van der Waals surface area contributed by atoms with Gasteiger partial charge in [-0.05, 0) is 46.2 Å². The predicted molar refractivity (Wildman–Crippen MR) is 136 cm³/mol. The molecule has 16 heteroatoms. The van der Waals surface area contributed by atoms with Gasteiger partial charge in [0.15, 0.2) is 0 Å². The number of nitrogens with one attached hydrogen (secondary N) is 1. The zero-order valence-electron chi connectivity index (χ0n) is 21.4. The number of rotatable bonds is 7. The van der Waals surface area contributed by atoms with E-state index < -0.39 is 34.6 Å². The van der Waals surface area contributed by atoms with Crippen molar-refractivity contribution in [2.45, 2.75) is 53.4 Å². The molecule has 0 aliphatic rings. The summed E-state index contributed by atoms with van der Waals surface area (Å²) in [6.45, 7) is 8.26. The second-order valence-corrected chi connectivity index (χ2v) is 9.75. The lowest BCUT2D eigenvalue weighted by Crippen LogP contribution is -2.26. The molecule has 0 radical (unpaired) electrons. The Kier molecular flexibility index (Phi) is 6.93. The van der Waals surface area contributed by atoms with Crippen molar-refractivity contribution in [3.05, 3.63) is 50.0 Å². The Morgan fingerprint density at radius 2 is 1.90 bits per heavy atom. The molecule has 4 aromatic heterocycles. The Bertz CT molecular complexity index is 1650. The maximum Gasteiger partial charge on any atom is 0.433 e. The van der Waals surface area contributed by atoms with Crippen molar-refractivity contribution in [1.29, 1.82) is 0 Å². The largest absolute Gasteiger partial charge is 0.433 e. The minimum absolute atomic E-state index is 0.0537. The predicted octanol–water partition coefficient (Wildman–Crippen LogP) is 4.53. The van der Waals surface area contributed by atoms with E-state index in [0.29, 0.717) is 29.1 Å². The SMILES string of the molecule is CCn1ncc(-c2cc(C(F)(F)F)nc3sc(C(N)=O)c(NC(=O)C(C)n4nc(C)c([N+](=O)[O-])c4C)c23)c1C. The summed E-state index contributed by atoms with van der Waals surface area (Å²) in [5, 5.41) is 22.4. The van der Waals surface area contributed by atoms with Crippen LogP contribution in [0.15, 0.2) is 12.3 Å². The Balaban J connectivity index is 1.93. The van der Waals surface area contributed by atoms with Gasteiger partial charge < -0.3 is 11.1 Å². The molecule has 0 aliphatic carbocycles. The van der Waals surface area contributed by atoms with Crippen molar-refractivity contribution in [2.24, 2.45) is 5.73 Å². The van der Waals surface area contributed by atoms with Gasteiger partial charge in [0.25, 0.3) is 5.91 Å². The molecule has 12 nitrogen and oxygen atoms in total. The summed E-state index contributed by atoms with van der Waals surface area (Å²) in [4.78, 5) is 39.9. The van der Waals surface area contributed by atoms with E-state index in [1.807, 2.05) is 6.92 Å². The van der Waals surface area contributed by atoms with E-state index in [0.717, 1.165) is 10.7 Å². The zero-order valence-corrected chi connectivity index (χ0v) is 22.2. The molecular weight excluding hydrogens is 541 g/mol. The molecule has 206 valence electrons. The van der Waals surface area contributed by atoms with Gasteiger partial charge in [0, 0.05) is 23.2 Å². The number of fused-ring (bicyclic) bond motifs is 1. The van der Waals surface area contributed by atoms with Gasteiger partial charge >= 0.3 is 11.9 Å². The van der Waals surface area contributed by atoms with Crippen LogP contribution in [0.5, 0.6) is 0 Å². The van der Waals surface area contributed by atoms with E-state index in [-0.39, 0.29) is 43.4 Å². The number of thiophene rings is 1. The Labute approximate surface area is 222 Å². The number of nitrogens with two attached hydrogens (primary N) is 1. The highest BCUT2D eigenvalue weighted by Crippen LogP contribution is 2.44. The summed E-state index contributed by atoms with van der Waals surface area (Å²) >= 11 is 0.613. The molecule has 1 unspecified atom stereocenters. The van der Waals surface area contributed by atoms with Gasteiger partial charge in [-0.2, -0.15) is 23.4 Å². The molecule has 4 heterocycles. The molecule has 1 atom stereocenters. The summed E-state index contributed by atoms with van der Waals surface area (Å²) in [6.07, 6.45) is -3.39. The van der Waals surface area contributed by atoms with E-state index in [1.165, 1.54) is 27.0 Å². The monoisotopic (exact) mass is 564 g/mol. The van der Waals surface area contributed by atoms with E-state index in [1.54, 1.807) is 11.6 Å². The van der Waals surface area contributed by atoms with Crippen LogP contribution in [0, 0.1) is 30.9 Å². The minimum Gasteiger partial charge on any atom is -0.365 e. The average molecular weight is 565 g/mol. The first-order chi connectivity index (χ1) is 18.2. The molecule has 4 rings (SSSR count). The molecule has 0 aliphatic heterocycles. The summed E-state index contributed by atoms with van der Waals surface area (Å²) in [5.41, 5.74) is 5.20. The van der Waals surface area contributed by atoms with Crippen molar-refractivity contribution in [1.82, 2.24) is 24.5 Å². The minimum atomic E-state index is -4.80. The first-order valence-electron chi connectivity index (χ1n) is 11.6. The van der Waals surface area contributed by atoms with E-state index in [2.05, 4.69) is 20.5 Å². The van der Waals surface area contributed by atoms with Gasteiger partial charge in [0.1, 0.15) is 32.8 Å². The number of hydrogen-bond acceptors (Lipinski definition) is 8. The maximum absolute atomic E-state index is 13.8. The molecule has 0 bridgehead atoms. The van der Waals surface area contributed by atoms with Gasteiger partial charge in [-0.1, -0.05) is 0 Å². The number of pyridine rings is 1. The third kappa shape index (κ3) is 4.71. The lowest BCUT2D eigenvalue weighted by Gasteiger charge is -2.16. The number of aromatic nitrogens is 5. The first kappa shape index (κ1) is 27.7. The third-order valence-electron chi connectivity index (χ3n) is 6.33. The van der Waals surface area contributed by atoms with Crippen molar-refractivity contribution in [3.63, 3.8) is 0 Å². The van der Waals surface area contributed by atoms with Gasteiger partial charge in [-0.3, -0.25) is 29.1 Å². The summed E-state index contributed by atoms with van der Waals surface area (Å²) in [6, 6.07) is -0.253.